The third-order valence-electron chi connectivity index (χ3n) is 7.22. The zero-order valence-corrected chi connectivity index (χ0v) is 23.8. The molecule has 0 radical (unpaired) electrons. The molecule has 4 aromatic rings. The number of carboxylic acids is 1. The number of benzene rings is 3. The molecule has 39 heavy (non-hydrogen) atoms. The molecule has 6 nitrogen and oxygen atoms in total. The van der Waals surface area contributed by atoms with Gasteiger partial charge in [0.1, 0.15) is 5.75 Å². The van der Waals surface area contributed by atoms with Crippen molar-refractivity contribution < 1.29 is 19.4 Å². The van der Waals surface area contributed by atoms with E-state index in [0.717, 1.165) is 34.1 Å². The molecular weight excluding hydrogens is 512 g/mol. The number of aromatic nitrogens is 1. The number of hydrogen-bond donors (Lipinski definition) is 2. The molecule has 4 rings (SSSR count). The fraction of sp³-hybridized carbons (Fsp3) is 0.312. The fourth-order valence-corrected chi connectivity index (χ4v) is 4.87. The van der Waals surface area contributed by atoms with Crippen molar-refractivity contribution in [3.8, 4) is 5.75 Å². The van der Waals surface area contributed by atoms with E-state index in [4.69, 9.17) is 21.4 Å². The van der Waals surface area contributed by atoms with Gasteiger partial charge in [-0.2, -0.15) is 0 Å². The number of fused-ring (bicyclic) bond motifs is 1. The molecule has 0 bridgehead atoms. The van der Waals surface area contributed by atoms with Crippen LogP contribution in [-0.4, -0.2) is 34.2 Å². The molecule has 1 heterocycles. The fourth-order valence-electron chi connectivity index (χ4n) is 4.70. The van der Waals surface area contributed by atoms with Crippen molar-refractivity contribution in [2.24, 2.45) is 0 Å². The number of nitrogens with one attached hydrogen (secondary N) is 1. The monoisotopic (exact) mass is 546 g/mol. The summed E-state index contributed by atoms with van der Waals surface area (Å²) in [5.74, 6) is -0.207. The Hall–Kier alpha value is -3.77. The molecule has 0 fully saturated rings. The Labute approximate surface area is 234 Å². The van der Waals surface area contributed by atoms with Crippen molar-refractivity contribution in [1.29, 1.82) is 0 Å². The third kappa shape index (κ3) is 6.45. The summed E-state index contributed by atoms with van der Waals surface area (Å²) in [4.78, 5) is 24.2. The van der Waals surface area contributed by atoms with E-state index in [1.165, 1.54) is 18.1 Å². The molecule has 1 aromatic heterocycles. The minimum Gasteiger partial charge on any atom is -0.479 e. The molecule has 2 N–H and O–H groups in total. The van der Waals surface area contributed by atoms with Crippen LogP contribution >= 0.6 is 11.6 Å². The number of nitrogens with zero attached hydrogens (tertiary/aromatic N) is 1. The van der Waals surface area contributed by atoms with E-state index in [9.17, 15) is 9.59 Å². The first-order chi connectivity index (χ1) is 18.5. The lowest BCUT2D eigenvalue weighted by atomic mass is 10.00. The number of halogens is 1. The maximum Gasteiger partial charge on any atom is 0.344 e. The number of amides is 1. The van der Waals surface area contributed by atoms with Crippen molar-refractivity contribution in [3.63, 3.8) is 0 Å². The Morgan fingerprint density at radius 1 is 1.03 bits per heavy atom. The van der Waals surface area contributed by atoms with Crippen LogP contribution < -0.4 is 10.1 Å². The van der Waals surface area contributed by atoms with Crippen molar-refractivity contribution in [1.82, 2.24) is 9.88 Å². The van der Waals surface area contributed by atoms with Crippen molar-refractivity contribution in [2.75, 3.05) is 6.54 Å². The van der Waals surface area contributed by atoms with Crippen molar-refractivity contribution in [2.45, 2.75) is 59.6 Å². The number of ether oxygens (including phenoxy) is 1. The first-order valence-electron chi connectivity index (χ1n) is 13.2. The van der Waals surface area contributed by atoms with E-state index in [1.54, 1.807) is 18.2 Å². The number of aliphatic carboxylic acids is 1. The summed E-state index contributed by atoms with van der Waals surface area (Å²) in [5, 5.41) is 13.8. The molecule has 204 valence electrons. The highest BCUT2D eigenvalue weighted by Gasteiger charge is 2.17. The number of hydrogen-bond acceptors (Lipinski definition) is 3. The number of carboxylic acid groups (broad SMARTS) is 1. The molecule has 0 spiro atoms. The predicted octanol–water partition coefficient (Wildman–Crippen LogP) is 6.91. The van der Waals surface area contributed by atoms with Crippen LogP contribution in [0.25, 0.3) is 10.9 Å². The average Bonchev–Trinajstić information content (AvgIpc) is 3.14. The summed E-state index contributed by atoms with van der Waals surface area (Å²) in [5.41, 5.74) is 7.10. The van der Waals surface area contributed by atoms with Gasteiger partial charge < -0.3 is 19.7 Å². The lowest BCUT2D eigenvalue weighted by Gasteiger charge is -2.14. The molecule has 1 amide bonds. The van der Waals surface area contributed by atoms with Gasteiger partial charge >= 0.3 is 5.97 Å². The summed E-state index contributed by atoms with van der Waals surface area (Å²) in [6.45, 7) is 11.0. The maximum atomic E-state index is 13.0. The van der Waals surface area contributed by atoms with Crippen LogP contribution in [-0.2, 0) is 17.8 Å². The number of rotatable bonds is 10. The van der Waals surface area contributed by atoms with Crippen LogP contribution in [0, 0.1) is 13.8 Å². The van der Waals surface area contributed by atoms with E-state index in [1.807, 2.05) is 32.0 Å². The SMILES string of the molecule is Cc1c(C)n(Cc2cc(OC(C)C(=O)O)ccc2Cl)c2ccc(C(=O)NCCc3cccc(C(C)C)c3)cc12. The Bertz CT molecular complexity index is 1520. The van der Waals surface area contributed by atoms with E-state index in [2.05, 4.69) is 48.0 Å². The van der Waals surface area contributed by atoms with Crippen LogP contribution in [0.1, 0.15) is 65.0 Å². The Morgan fingerprint density at radius 2 is 1.79 bits per heavy atom. The number of aryl methyl sites for hydroxylation is 1. The summed E-state index contributed by atoms with van der Waals surface area (Å²) < 4.78 is 7.69. The van der Waals surface area contributed by atoms with Gasteiger partial charge in [0.05, 0.1) is 0 Å². The van der Waals surface area contributed by atoms with Crippen LogP contribution in [0.4, 0.5) is 0 Å². The molecule has 3 aromatic carbocycles. The number of carbonyl (C=O) groups excluding carboxylic acids is 1. The van der Waals surface area contributed by atoms with Gasteiger partial charge in [-0.15, -0.1) is 0 Å². The van der Waals surface area contributed by atoms with Crippen LogP contribution in [0.5, 0.6) is 5.75 Å². The predicted molar refractivity (Wildman–Crippen MR) is 156 cm³/mol. The highest BCUT2D eigenvalue weighted by Crippen LogP contribution is 2.30. The highest BCUT2D eigenvalue weighted by molar-refractivity contribution is 6.31. The van der Waals surface area contributed by atoms with Crippen molar-refractivity contribution >= 4 is 34.4 Å². The maximum absolute atomic E-state index is 13.0. The molecule has 0 saturated carbocycles. The summed E-state index contributed by atoms with van der Waals surface area (Å²) in [6.07, 6.45) is -0.192. The molecule has 0 aliphatic rings. The summed E-state index contributed by atoms with van der Waals surface area (Å²) in [7, 11) is 0. The first kappa shape index (κ1) is 28.2. The van der Waals surface area contributed by atoms with Crippen molar-refractivity contribution in [3.05, 3.63) is 99.2 Å². The third-order valence-corrected chi connectivity index (χ3v) is 7.59. The van der Waals surface area contributed by atoms with Gasteiger partial charge in [-0.3, -0.25) is 4.79 Å². The van der Waals surface area contributed by atoms with Gasteiger partial charge in [0, 0.05) is 40.3 Å². The minimum absolute atomic E-state index is 0.0952. The minimum atomic E-state index is -1.03. The van der Waals surface area contributed by atoms with Gasteiger partial charge in [-0.25, -0.2) is 4.79 Å². The molecule has 0 aliphatic carbocycles. The van der Waals surface area contributed by atoms with E-state index < -0.39 is 12.1 Å². The first-order valence-corrected chi connectivity index (χ1v) is 13.6. The Kier molecular flexibility index (Phi) is 8.66. The molecule has 1 unspecified atom stereocenters. The molecule has 1 atom stereocenters. The zero-order chi connectivity index (χ0) is 28.3. The second-order valence-electron chi connectivity index (χ2n) is 10.3. The Morgan fingerprint density at radius 3 is 2.51 bits per heavy atom. The summed E-state index contributed by atoms with van der Waals surface area (Å²) >= 11 is 6.50. The standard InChI is InChI=1S/C32H35ClN2O4/c1-19(2)24-8-6-7-23(15-24)13-14-34-31(36)25-9-12-30-28(17-25)20(3)21(4)35(30)18-26-16-27(10-11-29(26)33)39-22(5)32(37)38/h6-12,15-17,19,22H,13-14,18H2,1-5H3,(H,34,36)(H,37,38). The van der Waals surface area contributed by atoms with E-state index >= 15 is 0 Å². The molecular formula is C32H35ClN2O4. The van der Waals surface area contributed by atoms with Gasteiger partial charge in [0.25, 0.3) is 5.91 Å². The largest absolute Gasteiger partial charge is 0.479 e. The lowest BCUT2D eigenvalue weighted by molar-refractivity contribution is -0.144. The normalized spacial score (nSPS) is 12.1. The highest BCUT2D eigenvalue weighted by atomic mass is 35.5. The van der Waals surface area contributed by atoms with Crippen LogP contribution in [0.15, 0.2) is 60.7 Å². The molecule has 7 heteroatoms. The van der Waals surface area contributed by atoms with Gasteiger partial charge in [0.2, 0.25) is 0 Å². The molecule has 0 saturated heterocycles. The van der Waals surface area contributed by atoms with Crippen LogP contribution in [0.2, 0.25) is 5.02 Å². The van der Waals surface area contributed by atoms with Gasteiger partial charge in [-0.05, 0) is 91.8 Å². The van der Waals surface area contributed by atoms with Gasteiger partial charge in [-0.1, -0.05) is 49.7 Å². The average molecular weight is 547 g/mol. The zero-order valence-electron chi connectivity index (χ0n) is 23.0. The summed E-state index contributed by atoms with van der Waals surface area (Å²) in [6, 6.07) is 19.4. The topological polar surface area (TPSA) is 80.6 Å². The smallest absolute Gasteiger partial charge is 0.344 e. The van der Waals surface area contributed by atoms with E-state index in [-0.39, 0.29) is 5.91 Å². The van der Waals surface area contributed by atoms with Crippen LogP contribution in [0.3, 0.4) is 0 Å². The second-order valence-corrected chi connectivity index (χ2v) is 10.7. The molecule has 0 aliphatic heterocycles. The number of carbonyl (C=O) groups is 2. The van der Waals surface area contributed by atoms with Gasteiger partial charge in [0.15, 0.2) is 6.10 Å². The lowest BCUT2D eigenvalue weighted by Crippen LogP contribution is -2.25. The second kappa shape index (κ2) is 12.0. The Balaban J connectivity index is 1.51. The van der Waals surface area contributed by atoms with E-state index in [0.29, 0.717) is 35.3 Å². The quantitative estimate of drug-likeness (QED) is 0.226.